The largest absolute Gasteiger partial charge is 0.480 e. The molecule has 0 aromatic carbocycles. The number of hydrogen-bond acceptors (Lipinski definition) is 5. The predicted octanol–water partition coefficient (Wildman–Crippen LogP) is -3.23. The van der Waals surface area contributed by atoms with Gasteiger partial charge in [-0.25, -0.2) is 18.4 Å². The number of aliphatic carboxylic acids is 1. The molecule has 0 fully saturated rings. The highest BCUT2D eigenvalue weighted by molar-refractivity contribution is 7.89. The van der Waals surface area contributed by atoms with E-state index in [1.807, 2.05) is 5.32 Å². The van der Waals surface area contributed by atoms with E-state index in [0.717, 1.165) is 0 Å². The second-order valence-electron chi connectivity index (χ2n) is 3.15. The summed E-state index contributed by atoms with van der Waals surface area (Å²) in [5.41, 5.74) is 0. The van der Waals surface area contributed by atoms with E-state index >= 15 is 0 Å². The molecule has 0 aliphatic heterocycles. The first-order chi connectivity index (χ1) is 8.20. The van der Waals surface area contributed by atoms with Crippen LogP contribution in [0.4, 0.5) is 4.79 Å². The molecule has 0 rings (SSSR count). The van der Waals surface area contributed by atoms with E-state index in [9.17, 15) is 22.8 Å². The zero-order valence-corrected chi connectivity index (χ0v) is 10.1. The Morgan fingerprint density at radius 1 is 1.06 bits per heavy atom. The number of hydrogen-bond donors (Lipinski definition) is 5. The highest BCUT2D eigenvalue weighted by atomic mass is 32.2. The number of carboxylic acids is 1. The van der Waals surface area contributed by atoms with Crippen molar-refractivity contribution >= 4 is 27.9 Å². The van der Waals surface area contributed by atoms with E-state index in [-0.39, 0.29) is 6.54 Å². The average Bonchev–Trinajstić information content (AvgIpc) is 2.21. The molecule has 0 spiro atoms. The first-order valence-electron chi connectivity index (χ1n) is 4.71. The summed E-state index contributed by atoms with van der Waals surface area (Å²) in [6, 6.07) is -0.760. The van der Waals surface area contributed by atoms with Crippen LogP contribution in [-0.4, -0.2) is 56.8 Å². The van der Waals surface area contributed by atoms with Crippen molar-refractivity contribution < 1.29 is 27.9 Å². The molecule has 0 saturated carbocycles. The average molecular weight is 282 g/mol. The monoisotopic (exact) mass is 282 g/mol. The second kappa shape index (κ2) is 7.45. The van der Waals surface area contributed by atoms with Crippen molar-refractivity contribution in [1.82, 2.24) is 16.0 Å². The maximum Gasteiger partial charge on any atom is 0.322 e. The van der Waals surface area contributed by atoms with E-state index in [4.69, 9.17) is 10.2 Å². The van der Waals surface area contributed by atoms with Crippen molar-refractivity contribution in [2.45, 2.75) is 0 Å². The molecular formula is C7H14N4O6S. The van der Waals surface area contributed by atoms with Crippen molar-refractivity contribution in [3.8, 4) is 0 Å². The van der Waals surface area contributed by atoms with Gasteiger partial charge in [-0.15, -0.1) is 0 Å². The molecule has 0 aliphatic rings. The Balaban J connectivity index is 3.70. The maximum absolute atomic E-state index is 11.0. The third kappa shape index (κ3) is 10.6. The fourth-order valence-electron chi connectivity index (χ4n) is 0.767. The highest BCUT2D eigenvalue weighted by Gasteiger charge is 2.07. The van der Waals surface area contributed by atoms with Gasteiger partial charge in [0.15, 0.2) is 0 Å². The van der Waals surface area contributed by atoms with Crippen LogP contribution in [0.25, 0.3) is 0 Å². The lowest BCUT2D eigenvalue weighted by Crippen LogP contribution is -2.44. The first kappa shape index (κ1) is 16.1. The van der Waals surface area contributed by atoms with Gasteiger partial charge in [0.05, 0.1) is 12.3 Å². The summed E-state index contributed by atoms with van der Waals surface area (Å²) in [6.45, 7) is -1.16. The standard InChI is InChI=1S/C7H14N4O6S/c8-18(16,17)2-1-9-7(15)11-3-5(12)10-4-6(13)14/h1-4H2,(H,10,12)(H,13,14)(H2,8,16,17)(H2,9,11,15). The molecule has 104 valence electrons. The topological polar surface area (TPSA) is 168 Å². The predicted molar refractivity (Wildman–Crippen MR) is 60.0 cm³/mol. The summed E-state index contributed by atoms with van der Waals surface area (Å²) in [7, 11) is -3.66. The SMILES string of the molecule is NS(=O)(=O)CCNC(=O)NCC(=O)NCC(=O)O. The summed E-state index contributed by atoms with van der Waals surface area (Å²) in [6.07, 6.45) is 0. The van der Waals surface area contributed by atoms with Crippen molar-refractivity contribution in [2.24, 2.45) is 5.14 Å². The van der Waals surface area contributed by atoms with Crippen LogP contribution in [0.5, 0.6) is 0 Å². The van der Waals surface area contributed by atoms with Crippen LogP contribution in [0.1, 0.15) is 0 Å². The van der Waals surface area contributed by atoms with E-state index in [1.165, 1.54) is 0 Å². The minimum Gasteiger partial charge on any atom is -0.480 e. The van der Waals surface area contributed by atoms with Gasteiger partial charge in [-0.05, 0) is 0 Å². The van der Waals surface area contributed by atoms with Gasteiger partial charge in [-0.1, -0.05) is 0 Å². The smallest absolute Gasteiger partial charge is 0.322 e. The number of nitrogens with one attached hydrogen (secondary N) is 3. The summed E-state index contributed by atoms with van der Waals surface area (Å²) in [5.74, 6) is -2.31. The number of nitrogens with two attached hydrogens (primary N) is 1. The molecule has 6 N–H and O–H groups in total. The second-order valence-corrected chi connectivity index (χ2v) is 4.88. The quantitative estimate of drug-likeness (QED) is 0.329. The first-order valence-corrected chi connectivity index (χ1v) is 6.43. The van der Waals surface area contributed by atoms with Crippen LogP contribution in [0.15, 0.2) is 0 Å². The Morgan fingerprint density at radius 2 is 1.67 bits per heavy atom. The van der Waals surface area contributed by atoms with E-state index in [2.05, 4.69) is 10.6 Å². The van der Waals surface area contributed by atoms with Gasteiger partial charge in [0.25, 0.3) is 0 Å². The zero-order valence-electron chi connectivity index (χ0n) is 9.30. The molecule has 0 aliphatic carbocycles. The van der Waals surface area contributed by atoms with Gasteiger partial charge >= 0.3 is 12.0 Å². The Morgan fingerprint density at radius 3 is 2.17 bits per heavy atom. The number of carbonyl (C=O) groups is 3. The van der Waals surface area contributed by atoms with E-state index in [0.29, 0.717) is 0 Å². The summed E-state index contributed by atoms with van der Waals surface area (Å²) >= 11 is 0. The number of rotatable bonds is 7. The lowest BCUT2D eigenvalue weighted by atomic mass is 10.5. The molecule has 3 amide bonds. The number of carboxylic acid groups (broad SMARTS) is 1. The molecule has 0 aromatic rings. The summed E-state index contributed by atoms with van der Waals surface area (Å²) < 4.78 is 21.0. The summed E-state index contributed by atoms with van der Waals surface area (Å²) in [4.78, 5) is 32.1. The fourth-order valence-corrected chi connectivity index (χ4v) is 1.15. The molecule has 0 heterocycles. The number of primary sulfonamides is 1. The molecule has 0 atom stereocenters. The number of amides is 3. The van der Waals surface area contributed by atoms with Gasteiger partial charge in [0, 0.05) is 6.54 Å². The van der Waals surface area contributed by atoms with Crippen molar-refractivity contribution in [1.29, 1.82) is 0 Å². The summed E-state index contributed by atoms with van der Waals surface area (Å²) in [5, 5.41) is 19.2. The van der Waals surface area contributed by atoms with Crippen LogP contribution < -0.4 is 21.1 Å². The highest BCUT2D eigenvalue weighted by Crippen LogP contribution is 1.75. The number of carbonyl (C=O) groups excluding carboxylic acids is 2. The Kier molecular flexibility index (Phi) is 6.67. The number of sulfonamides is 1. The fraction of sp³-hybridized carbons (Fsp3) is 0.571. The molecule has 0 unspecified atom stereocenters. The molecule has 0 saturated heterocycles. The Hall–Kier alpha value is -1.88. The van der Waals surface area contributed by atoms with Crippen molar-refractivity contribution in [3.05, 3.63) is 0 Å². The molecule has 18 heavy (non-hydrogen) atoms. The van der Waals surface area contributed by atoms with Crippen molar-refractivity contribution in [3.63, 3.8) is 0 Å². The van der Waals surface area contributed by atoms with E-state index < -0.39 is 46.8 Å². The van der Waals surface area contributed by atoms with Crippen molar-refractivity contribution in [2.75, 3.05) is 25.4 Å². The minimum absolute atomic E-state index is 0.193. The van der Waals surface area contributed by atoms with Gasteiger partial charge < -0.3 is 21.1 Å². The minimum atomic E-state index is -3.66. The van der Waals surface area contributed by atoms with E-state index in [1.54, 1.807) is 0 Å². The molecular weight excluding hydrogens is 268 g/mol. The Bertz CT molecular complexity index is 420. The maximum atomic E-state index is 11.0. The van der Waals surface area contributed by atoms with Gasteiger partial charge in [-0.2, -0.15) is 0 Å². The van der Waals surface area contributed by atoms with Crippen LogP contribution in [0, 0.1) is 0 Å². The van der Waals surface area contributed by atoms with Crippen LogP contribution >= 0.6 is 0 Å². The number of urea groups is 1. The molecule has 10 nitrogen and oxygen atoms in total. The lowest BCUT2D eigenvalue weighted by Gasteiger charge is -2.06. The molecule has 0 radical (unpaired) electrons. The van der Waals surface area contributed by atoms with Crippen LogP contribution in [0.3, 0.4) is 0 Å². The third-order valence-electron chi connectivity index (χ3n) is 1.52. The van der Waals surface area contributed by atoms with Crippen LogP contribution in [-0.2, 0) is 19.6 Å². The lowest BCUT2D eigenvalue weighted by molar-refractivity contribution is -0.137. The normalized spacial score (nSPS) is 10.5. The van der Waals surface area contributed by atoms with Gasteiger partial charge in [0.1, 0.15) is 6.54 Å². The molecule has 0 aromatic heterocycles. The zero-order chi connectivity index (χ0) is 14.2. The molecule has 11 heteroatoms. The third-order valence-corrected chi connectivity index (χ3v) is 2.29. The molecule has 0 bridgehead atoms. The Labute approximate surface area is 103 Å². The van der Waals surface area contributed by atoms with Gasteiger partial charge in [-0.3, -0.25) is 9.59 Å². The van der Waals surface area contributed by atoms with Gasteiger partial charge in [0.2, 0.25) is 15.9 Å². The van der Waals surface area contributed by atoms with Crippen LogP contribution in [0.2, 0.25) is 0 Å².